The van der Waals surface area contributed by atoms with E-state index in [4.69, 9.17) is 9.47 Å². The largest absolute Gasteiger partial charge is 0.497 e. The summed E-state index contributed by atoms with van der Waals surface area (Å²) in [7, 11) is 3.21. The number of ether oxygens (including phenoxy) is 2. The van der Waals surface area contributed by atoms with E-state index in [9.17, 15) is 9.59 Å². The van der Waals surface area contributed by atoms with Gasteiger partial charge in [-0.25, -0.2) is 0 Å². The van der Waals surface area contributed by atoms with Crippen LogP contribution in [0.1, 0.15) is 45.9 Å². The number of methoxy groups -OCH3 is 2. The zero-order valence-corrected chi connectivity index (χ0v) is 21.7. The molecule has 0 fully saturated rings. The highest BCUT2D eigenvalue weighted by Crippen LogP contribution is 2.46. The van der Waals surface area contributed by atoms with Gasteiger partial charge in [-0.15, -0.1) is 0 Å². The van der Waals surface area contributed by atoms with Crippen LogP contribution in [0.5, 0.6) is 11.5 Å². The van der Waals surface area contributed by atoms with Crippen molar-refractivity contribution in [3.8, 4) is 11.5 Å². The fraction of sp³-hybridized carbons (Fsp3) is 0.188. The summed E-state index contributed by atoms with van der Waals surface area (Å²) in [4.78, 5) is 29.8. The maximum atomic E-state index is 14.1. The lowest BCUT2D eigenvalue weighted by Crippen LogP contribution is -2.46. The first-order valence-electron chi connectivity index (χ1n) is 12.6. The number of nitrogens with zero attached hydrogens (tertiary/aromatic N) is 1. The normalized spacial score (nSPS) is 16.5. The van der Waals surface area contributed by atoms with Gasteiger partial charge in [-0.1, -0.05) is 49.4 Å². The number of hydrogen-bond donors (Lipinski definition) is 1. The number of anilines is 2. The second-order valence-electron chi connectivity index (χ2n) is 9.20. The van der Waals surface area contributed by atoms with E-state index in [1.54, 1.807) is 25.2 Å². The summed E-state index contributed by atoms with van der Waals surface area (Å²) in [6, 6.07) is 29.5. The van der Waals surface area contributed by atoms with Crippen LogP contribution < -0.4 is 19.7 Å². The van der Waals surface area contributed by atoms with Crippen molar-refractivity contribution in [2.45, 2.75) is 25.3 Å². The number of nitrogens with one attached hydrogen (secondary N) is 1. The van der Waals surface area contributed by atoms with Crippen LogP contribution in [0.4, 0.5) is 11.4 Å². The van der Waals surface area contributed by atoms with Gasteiger partial charge in [-0.05, 0) is 77.7 Å². The molecule has 0 spiro atoms. The molecule has 2 atom stereocenters. The molecule has 0 radical (unpaired) electrons. The molecule has 0 saturated carbocycles. The number of rotatable bonds is 7. The van der Waals surface area contributed by atoms with Gasteiger partial charge in [0.15, 0.2) is 0 Å². The molecule has 0 bridgehead atoms. The SMILES string of the molecule is CCc1ccc(NC(=O)[C@@H]2c3ccccc3C(=O)N(c3ccc(OC)cc3)[C@@H]2c2ccc(OC)cc2)cc1. The minimum absolute atomic E-state index is 0.164. The third kappa shape index (κ3) is 4.73. The van der Waals surface area contributed by atoms with E-state index in [1.807, 2.05) is 91.0 Å². The predicted octanol–water partition coefficient (Wildman–Crippen LogP) is 6.39. The molecule has 5 rings (SSSR count). The third-order valence-corrected chi connectivity index (χ3v) is 7.06. The minimum Gasteiger partial charge on any atom is -0.497 e. The Kier molecular flexibility index (Phi) is 7.13. The Morgan fingerprint density at radius 2 is 1.42 bits per heavy atom. The molecule has 0 unspecified atom stereocenters. The van der Waals surface area contributed by atoms with Gasteiger partial charge in [-0.3, -0.25) is 14.5 Å². The maximum Gasteiger partial charge on any atom is 0.259 e. The summed E-state index contributed by atoms with van der Waals surface area (Å²) in [5.74, 6) is 0.371. The monoisotopic (exact) mass is 506 g/mol. The van der Waals surface area contributed by atoms with E-state index < -0.39 is 12.0 Å². The molecular weight excluding hydrogens is 476 g/mol. The van der Waals surface area contributed by atoms with Gasteiger partial charge in [0.2, 0.25) is 5.91 Å². The van der Waals surface area contributed by atoms with Gasteiger partial charge in [0.1, 0.15) is 11.5 Å². The summed E-state index contributed by atoms with van der Waals surface area (Å²) < 4.78 is 10.7. The first-order chi connectivity index (χ1) is 18.5. The van der Waals surface area contributed by atoms with E-state index in [1.165, 1.54) is 5.56 Å². The van der Waals surface area contributed by atoms with Crippen molar-refractivity contribution in [1.29, 1.82) is 0 Å². The van der Waals surface area contributed by atoms with E-state index in [0.717, 1.165) is 12.0 Å². The average molecular weight is 507 g/mol. The summed E-state index contributed by atoms with van der Waals surface area (Å²) >= 11 is 0. The summed E-state index contributed by atoms with van der Waals surface area (Å²) in [6.45, 7) is 2.09. The van der Waals surface area contributed by atoms with Crippen molar-refractivity contribution >= 4 is 23.2 Å². The van der Waals surface area contributed by atoms with Crippen molar-refractivity contribution in [3.63, 3.8) is 0 Å². The molecule has 0 aromatic heterocycles. The number of carbonyl (C=O) groups is 2. The van der Waals surface area contributed by atoms with Crippen molar-refractivity contribution in [2.24, 2.45) is 0 Å². The Morgan fingerprint density at radius 1 is 0.816 bits per heavy atom. The molecule has 192 valence electrons. The molecule has 4 aromatic rings. The van der Waals surface area contributed by atoms with Gasteiger partial charge in [0.05, 0.1) is 26.2 Å². The molecule has 1 N–H and O–H groups in total. The van der Waals surface area contributed by atoms with Crippen LogP contribution in [0, 0.1) is 0 Å². The standard InChI is InChI=1S/C32H30N2O4/c1-4-21-9-13-23(14-10-21)33-31(35)29-27-7-5-6-8-28(27)32(36)34(24-15-19-26(38-3)20-16-24)30(29)22-11-17-25(37-2)18-12-22/h5-20,29-30H,4H2,1-3H3,(H,33,35)/t29-,30-/m1/s1. The maximum absolute atomic E-state index is 14.1. The van der Waals surface area contributed by atoms with Crippen LogP contribution in [0.25, 0.3) is 0 Å². The highest BCUT2D eigenvalue weighted by Gasteiger charge is 2.45. The number of carbonyl (C=O) groups excluding carboxylic acids is 2. The smallest absolute Gasteiger partial charge is 0.259 e. The van der Waals surface area contributed by atoms with Crippen LogP contribution in [-0.4, -0.2) is 26.0 Å². The Morgan fingerprint density at radius 3 is 2.03 bits per heavy atom. The minimum atomic E-state index is -0.662. The number of aryl methyl sites for hydroxylation is 1. The molecule has 2 amide bonds. The Hall–Kier alpha value is -4.58. The first-order valence-corrected chi connectivity index (χ1v) is 12.6. The van der Waals surface area contributed by atoms with Crippen LogP contribution in [-0.2, 0) is 11.2 Å². The lowest BCUT2D eigenvalue weighted by Gasteiger charge is -2.42. The van der Waals surface area contributed by atoms with E-state index in [0.29, 0.717) is 34.0 Å². The van der Waals surface area contributed by atoms with Crippen molar-refractivity contribution in [2.75, 3.05) is 24.4 Å². The molecule has 1 heterocycles. The molecule has 1 aliphatic heterocycles. The van der Waals surface area contributed by atoms with Crippen LogP contribution in [0.3, 0.4) is 0 Å². The molecule has 6 nitrogen and oxygen atoms in total. The first kappa shape index (κ1) is 25.1. The fourth-order valence-corrected chi connectivity index (χ4v) is 5.03. The van der Waals surface area contributed by atoms with Crippen LogP contribution >= 0.6 is 0 Å². The van der Waals surface area contributed by atoms with E-state index in [-0.39, 0.29) is 11.8 Å². The Bertz CT molecular complexity index is 1430. The second kappa shape index (κ2) is 10.8. The average Bonchev–Trinajstić information content (AvgIpc) is 2.97. The Labute approximate surface area is 222 Å². The number of benzene rings is 4. The molecule has 6 heteroatoms. The van der Waals surface area contributed by atoms with E-state index >= 15 is 0 Å². The second-order valence-corrected chi connectivity index (χ2v) is 9.20. The van der Waals surface area contributed by atoms with Gasteiger partial charge >= 0.3 is 0 Å². The predicted molar refractivity (Wildman–Crippen MR) is 149 cm³/mol. The van der Waals surface area contributed by atoms with Crippen molar-refractivity contribution in [3.05, 3.63) is 119 Å². The van der Waals surface area contributed by atoms with Crippen molar-refractivity contribution in [1.82, 2.24) is 0 Å². The lowest BCUT2D eigenvalue weighted by molar-refractivity contribution is -0.118. The van der Waals surface area contributed by atoms with Gasteiger partial charge in [0.25, 0.3) is 5.91 Å². The highest BCUT2D eigenvalue weighted by molar-refractivity contribution is 6.12. The van der Waals surface area contributed by atoms with Crippen LogP contribution in [0.15, 0.2) is 97.1 Å². The fourth-order valence-electron chi connectivity index (χ4n) is 5.03. The molecule has 0 saturated heterocycles. The zero-order chi connectivity index (χ0) is 26.6. The van der Waals surface area contributed by atoms with Crippen molar-refractivity contribution < 1.29 is 19.1 Å². The van der Waals surface area contributed by atoms with Gasteiger partial charge in [-0.2, -0.15) is 0 Å². The summed E-state index contributed by atoms with van der Waals surface area (Å²) in [5, 5.41) is 3.11. The molecule has 38 heavy (non-hydrogen) atoms. The lowest BCUT2D eigenvalue weighted by atomic mass is 9.78. The van der Waals surface area contributed by atoms with Crippen LogP contribution in [0.2, 0.25) is 0 Å². The summed E-state index contributed by atoms with van der Waals surface area (Å²) in [6.07, 6.45) is 0.919. The summed E-state index contributed by atoms with van der Waals surface area (Å²) in [5.41, 5.74) is 4.62. The van der Waals surface area contributed by atoms with Gasteiger partial charge in [0, 0.05) is 16.9 Å². The van der Waals surface area contributed by atoms with Gasteiger partial charge < -0.3 is 14.8 Å². The quantitative estimate of drug-likeness (QED) is 0.315. The number of hydrogen-bond acceptors (Lipinski definition) is 4. The molecule has 4 aromatic carbocycles. The zero-order valence-electron chi connectivity index (χ0n) is 21.7. The molecule has 0 aliphatic carbocycles. The molecular formula is C32H30N2O4. The molecule has 1 aliphatic rings. The van der Waals surface area contributed by atoms with E-state index in [2.05, 4.69) is 12.2 Å². The third-order valence-electron chi connectivity index (χ3n) is 7.06. The highest BCUT2D eigenvalue weighted by atomic mass is 16.5. The number of fused-ring (bicyclic) bond motifs is 1. The topological polar surface area (TPSA) is 67.9 Å². The number of amides is 2. The Balaban J connectivity index is 1.65.